The number of benzene rings is 1. The Hall–Kier alpha value is -2.34. The van der Waals surface area contributed by atoms with Gasteiger partial charge in [0.05, 0.1) is 19.1 Å². The van der Waals surface area contributed by atoms with Crippen LogP contribution in [0, 0.1) is 0 Å². The Labute approximate surface area is 162 Å². The number of rotatable bonds is 7. The molecule has 0 spiro atoms. The van der Waals surface area contributed by atoms with E-state index in [-0.39, 0.29) is 53.7 Å². The summed E-state index contributed by atoms with van der Waals surface area (Å²) in [6, 6.07) is 2.60. The fourth-order valence-corrected chi connectivity index (χ4v) is 3.45. The average Bonchev–Trinajstić information content (AvgIpc) is 3.02. The summed E-state index contributed by atoms with van der Waals surface area (Å²) < 4.78 is 5.69. The van der Waals surface area contributed by atoms with Crippen molar-refractivity contribution < 1.29 is 34.6 Å². The second-order valence-electron chi connectivity index (χ2n) is 7.21. The van der Waals surface area contributed by atoms with Gasteiger partial charge in [0.2, 0.25) is 5.91 Å². The fourth-order valence-electron chi connectivity index (χ4n) is 3.45. The van der Waals surface area contributed by atoms with E-state index < -0.39 is 18.8 Å². The van der Waals surface area contributed by atoms with Gasteiger partial charge in [-0.1, -0.05) is 6.07 Å². The molecule has 0 radical (unpaired) electrons. The Kier molecular flexibility index (Phi) is 6.09. The van der Waals surface area contributed by atoms with Crippen LogP contribution in [-0.4, -0.2) is 82.0 Å². The first-order valence-electron chi connectivity index (χ1n) is 9.15. The SMILES string of the molecule is N[C@@H]1CN[C@H](C(=O)N2CC(Oc3ccc(CCB(O)O)c(O)c3C(=O)O)C2)C1. The van der Waals surface area contributed by atoms with Crippen LogP contribution in [0.25, 0.3) is 0 Å². The number of ether oxygens (including phenoxy) is 1. The van der Waals surface area contributed by atoms with Crippen LogP contribution >= 0.6 is 0 Å². The van der Waals surface area contributed by atoms with Crippen LogP contribution in [0.1, 0.15) is 22.3 Å². The molecule has 1 amide bonds. The van der Waals surface area contributed by atoms with E-state index in [1.54, 1.807) is 4.90 Å². The maximum absolute atomic E-state index is 12.3. The number of nitrogens with one attached hydrogen (secondary N) is 1. The van der Waals surface area contributed by atoms with Crippen molar-refractivity contribution in [3.05, 3.63) is 23.3 Å². The fraction of sp³-hybridized carbons (Fsp3) is 0.529. The second kappa shape index (κ2) is 8.35. The van der Waals surface area contributed by atoms with Crippen molar-refractivity contribution in [2.45, 2.75) is 37.3 Å². The molecule has 2 aliphatic heterocycles. The molecule has 0 aliphatic carbocycles. The minimum atomic E-state index is -1.55. The Morgan fingerprint density at radius 3 is 2.61 bits per heavy atom. The molecule has 11 heteroatoms. The third kappa shape index (κ3) is 4.38. The third-order valence-corrected chi connectivity index (χ3v) is 5.03. The highest BCUT2D eigenvalue weighted by molar-refractivity contribution is 6.41. The zero-order chi connectivity index (χ0) is 20.4. The largest absolute Gasteiger partial charge is 0.507 e. The number of aryl methyl sites for hydroxylation is 1. The van der Waals surface area contributed by atoms with Gasteiger partial charge in [0.25, 0.3) is 0 Å². The van der Waals surface area contributed by atoms with Gasteiger partial charge < -0.3 is 40.9 Å². The lowest BCUT2D eigenvalue weighted by Gasteiger charge is -2.40. The van der Waals surface area contributed by atoms with E-state index >= 15 is 0 Å². The molecule has 152 valence electrons. The number of carbonyl (C=O) groups excluding carboxylic acids is 1. The molecule has 2 atom stereocenters. The number of nitrogens with two attached hydrogens (primary N) is 1. The minimum absolute atomic E-state index is 0.0106. The average molecular weight is 393 g/mol. The van der Waals surface area contributed by atoms with Gasteiger partial charge in [-0.05, 0) is 30.8 Å². The molecular weight excluding hydrogens is 369 g/mol. The molecule has 0 aromatic heterocycles. The summed E-state index contributed by atoms with van der Waals surface area (Å²) in [5.74, 6) is -1.85. The van der Waals surface area contributed by atoms with Crippen molar-refractivity contribution in [3.63, 3.8) is 0 Å². The third-order valence-electron chi connectivity index (χ3n) is 5.03. The highest BCUT2D eigenvalue weighted by atomic mass is 16.5. The Bertz CT molecular complexity index is 755. The second-order valence-corrected chi connectivity index (χ2v) is 7.21. The van der Waals surface area contributed by atoms with Gasteiger partial charge in [-0.25, -0.2) is 4.79 Å². The molecule has 10 nitrogen and oxygen atoms in total. The van der Waals surface area contributed by atoms with Crippen LogP contribution in [0.15, 0.2) is 12.1 Å². The number of carbonyl (C=O) groups is 2. The first-order chi connectivity index (χ1) is 13.3. The topological polar surface area (TPSA) is 166 Å². The maximum atomic E-state index is 12.3. The first kappa shape index (κ1) is 20.4. The molecule has 0 saturated carbocycles. The van der Waals surface area contributed by atoms with Gasteiger partial charge in [-0.3, -0.25) is 4.79 Å². The summed E-state index contributed by atoms with van der Waals surface area (Å²) in [7, 11) is -1.55. The van der Waals surface area contributed by atoms with Crippen LogP contribution in [0.3, 0.4) is 0 Å². The number of phenols is 1. The zero-order valence-corrected chi connectivity index (χ0v) is 15.2. The highest BCUT2D eigenvalue weighted by Gasteiger charge is 2.38. The summed E-state index contributed by atoms with van der Waals surface area (Å²) >= 11 is 0. The molecule has 2 fully saturated rings. The maximum Gasteiger partial charge on any atom is 0.451 e. The van der Waals surface area contributed by atoms with E-state index in [9.17, 15) is 19.8 Å². The molecule has 28 heavy (non-hydrogen) atoms. The molecule has 0 bridgehead atoms. The summed E-state index contributed by atoms with van der Waals surface area (Å²) in [6.45, 7) is 1.25. The van der Waals surface area contributed by atoms with Crippen LogP contribution in [0.2, 0.25) is 6.32 Å². The van der Waals surface area contributed by atoms with Crippen molar-refractivity contribution in [1.29, 1.82) is 0 Å². The summed E-state index contributed by atoms with van der Waals surface area (Å²) in [5, 5.41) is 40.7. The van der Waals surface area contributed by atoms with E-state index in [0.717, 1.165) is 0 Å². The zero-order valence-electron chi connectivity index (χ0n) is 15.2. The first-order valence-corrected chi connectivity index (χ1v) is 9.15. The summed E-state index contributed by atoms with van der Waals surface area (Å²) in [6.07, 6.45) is 0.279. The highest BCUT2D eigenvalue weighted by Crippen LogP contribution is 2.34. The van der Waals surface area contributed by atoms with E-state index in [0.29, 0.717) is 26.1 Å². The smallest absolute Gasteiger partial charge is 0.451 e. The van der Waals surface area contributed by atoms with Crippen molar-refractivity contribution in [2.24, 2.45) is 5.73 Å². The van der Waals surface area contributed by atoms with E-state index in [1.807, 2.05) is 0 Å². The summed E-state index contributed by atoms with van der Waals surface area (Å²) in [4.78, 5) is 25.5. The normalized spacial score (nSPS) is 22.0. The number of hydrogen-bond acceptors (Lipinski definition) is 8. The molecule has 2 saturated heterocycles. The van der Waals surface area contributed by atoms with E-state index in [4.69, 9.17) is 20.5 Å². The van der Waals surface area contributed by atoms with Crippen molar-refractivity contribution in [1.82, 2.24) is 10.2 Å². The van der Waals surface area contributed by atoms with E-state index in [2.05, 4.69) is 5.32 Å². The predicted octanol–water partition coefficient (Wildman–Crippen LogP) is -1.62. The standard InChI is InChI=1S/C17H24BN3O7/c19-10-5-12(20-6-10)16(23)21-7-11(8-21)28-13-2-1-9(3-4-18(26)27)15(22)14(13)17(24)25/h1-2,10-12,20,22,26-27H,3-8,19H2,(H,24,25)/t10-,12-/m0/s1. The lowest BCUT2D eigenvalue weighted by molar-refractivity contribution is -0.142. The quantitative estimate of drug-likeness (QED) is 0.299. The minimum Gasteiger partial charge on any atom is -0.507 e. The Morgan fingerprint density at radius 2 is 2.04 bits per heavy atom. The molecule has 2 aliphatic rings. The molecular formula is C17H24BN3O7. The lowest BCUT2D eigenvalue weighted by atomic mass is 9.82. The van der Waals surface area contributed by atoms with Gasteiger partial charge >= 0.3 is 13.1 Å². The molecule has 3 rings (SSSR count). The number of carboxylic acids is 1. The molecule has 0 unspecified atom stereocenters. The number of aromatic hydroxyl groups is 1. The van der Waals surface area contributed by atoms with Gasteiger partial charge in [0, 0.05) is 12.6 Å². The number of aromatic carboxylic acids is 1. The Balaban J connectivity index is 1.62. The lowest BCUT2D eigenvalue weighted by Crippen LogP contribution is -2.59. The number of hydrogen-bond donors (Lipinski definition) is 6. The summed E-state index contributed by atoms with van der Waals surface area (Å²) in [5.41, 5.74) is 5.70. The van der Waals surface area contributed by atoms with Crippen LogP contribution in [-0.2, 0) is 11.2 Å². The number of nitrogens with zero attached hydrogens (tertiary/aromatic N) is 1. The van der Waals surface area contributed by atoms with Gasteiger partial charge in [-0.15, -0.1) is 0 Å². The molecule has 1 aromatic carbocycles. The van der Waals surface area contributed by atoms with Gasteiger partial charge in [-0.2, -0.15) is 0 Å². The van der Waals surface area contributed by atoms with Gasteiger partial charge in [0.1, 0.15) is 23.2 Å². The van der Waals surface area contributed by atoms with Crippen molar-refractivity contribution in [3.8, 4) is 11.5 Å². The molecule has 2 heterocycles. The van der Waals surface area contributed by atoms with Crippen LogP contribution < -0.4 is 15.8 Å². The van der Waals surface area contributed by atoms with Crippen molar-refractivity contribution >= 4 is 19.0 Å². The molecule has 1 aromatic rings. The number of carboxylic acid groups (broad SMARTS) is 1. The van der Waals surface area contributed by atoms with Crippen LogP contribution in [0.5, 0.6) is 11.5 Å². The predicted molar refractivity (Wildman–Crippen MR) is 99.1 cm³/mol. The number of amides is 1. The number of likely N-dealkylation sites (tertiary alicyclic amines) is 1. The van der Waals surface area contributed by atoms with E-state index in [1.165, 1.54) is 12.1 Å². The van der Waals surface area contributed by atoms with Crippen LogP contribution in [0.4, 0.5) is 0 Å². The van der Waals surface area contributed by atoms with Gasteiger partial charge in [0.15, 0.2) is 0 Å². The van der Waals surface area contributed by atoms with Crippen molar-refractivity contribution in [2.75, 3.05) is 19.6 Å². The monoisotopic (exact) mass is 393 g/mol. The Morgan fingerprint density at radius 1 is 1.32 bits per heavy atom. The molecule has 7 N–H and O–H groups in total.